The zero-order valence-electron chi connectivity index (χ0n) is 11.0. The Labute approximate surface area is 111 Å². The fourth-order valence-corrected chi connectivity index (χ4v) is 1.91. The molecule has 1 atom stereocenters. The van der Waals surface area contributed by atoms with Crippen LogP contribution in [0, 0.1) is 0 Å². The first-order valence-electron chi connectivity index (χ1n) is 5.96. The van der Waals surface area contributed by atoms with Gasteiger partial charge in [0.2, 0.25) is 0 Å². The van der Waals surface area contributed by atoms with E-state index in [-0.39, 0.29) is 26.3 Å². The van der Waals surface area contributed by atoms with E-state index in [4.69, 9.17) is 23.7 Å². The highest BCUT2D eigenvalue weighted by Gasteiger charge is 2.27. The zero-order valence-corrected chi connectivity index (χ0v) is 11.0. The molecule has 0 radical (unpaired) electrons. The van der Waals surface area contributed by atoms with Gasteiger partial charge in [0.15, 0.2) is 25.1 Å². The summed E-state index contributed by atoms with van der Waals surface area (Å²) >= 11 is 0. The van der Waals surface area contributed by atoms with Crippen molar-refractivity contribution in [1.29, 1.82) is 0 Å². The van der Waals surface area contributed by atoms with Crippen molar-refractivity contribution in [2.75, 3.05) is 34.4 Å². The largest absolute Gasteiger partial charge is 0.483 e. The summed E-state index contributed by atoms with van der Waals surface area (Å²) in [4.78, 5) is 0. The second-order valence-electron chi connectivity index (χ2n) is 4.14. The summed E-state index contributed by atoms with van der Waals surface area (Å²) in [7, 11) is 3.10. The molecule has 0 bridgehead atoms. The second-order valence-corrected chi connectivity index (χ2v) is 4.14. The molecule has 1 aliphatic rings. The Balaban J connectivity index is 2.22. The van der Waals surface area contributed by atoms with E-state index < -0.39 is 0 Å². The molecule has 0 aromatic heterocycles. The Kier molecular flexibility index (Phi) is 4.84. The first kappa shape index (κ1) is 13.9. The summed E-state index contributed by atoms with van der Waals surface area (Å²) in [6, 6.07) is 3.58. The number of fused-ring (bicyclic) bond motifs is 1. The molecule has 0 aliphatic carbocycles. The van der Waals surface area contributed by atoms with Gasteiger partial charge in [-0.3, -0.25) is 0 Å². The Hall–Kier alpha value is -1.50. The predicted octanol–water partition coefficient (Wildman–Crippen LogP) is 0.948. The molecule has 0 fully saturated rings. The predicted molar refractivity (Wildman–Crippen MR) is 66.7 cm³/mol. The monoisotopic (exact) mass is 270 g/mol. The molecule has 6 heteroatoms. The molecule has 1 aliphatic heterocycles. The van der Waals surface area contributed by atoms with Crippen LogP contribution in [0.25, 0.3) is 0 Å². The summed E-state index contributed by atoms with van der Waals surface area (Å²) in [6.45, 7) is 0.243. The quantitative estimate of drug-likeness (QED) is 0.744. The van der Waals surface area contributed by atoms with E-state index in [0.717, 1.165) is 5.56 Å². The van der Waals surface area contributed by atoms with Crippen molar-refractivity contribution >= 4 is 0 Å². The Morgan fingerprint density at radius 1 is 1.21 bits per heavy atom. The number of ether oxygens (including phenoxy) is 5. The van der Waals surface area contributed by atoms with E-state index in [0.29, 0.717) is 23.7 Å². The molecule has 6 nitrogen and oxygen atoms in total. The zero-order chi connectivity index (χ0) is 13.7. The first-order chi connectivity index (χ1) is 9.28. The lowest BCUT2D eigenvalue weighted by Gasteiger charge is -2.13. The number of methoxy groups -OCH3 is 2. The van der Waals surface area contributed by atoms with E-state index in [1.807, 2.05) is 6.07 Å². The van der Waals surface area contributed by atoms with Gasteiger partial charge in [-0.2, -0.15) is 0 Å². The molecular weight excluding hydrogens is 252 g/mol. The maximum atomic E-state index is 9.17. The fraction of sp³-hybridized carbons (Fsp3) is 0.538. The van der Waals surface area contributed by atoms with Crippen molar-refractivity contribution in [1.82, 2.24) is 0 Å². The van der Waals surface area contributed by atoms with E-state index in [2.05, 4.69) is 0 Å². The third-order valence-electron chi connectivity index (χ3n) is 2.72. The van der Waals surface area contributed by atoms with Gasteiger partial charge in [-0.05, 0) is 6.07 Å². The molecule has 2 rings (SSSR count). The van der Waals surface area contributed by atoms with Crippen molar-refractivity contribution in [3.05, 3.63) is 17.7 Å². The summed E-state index contributed by atoms with van der Waals surface area (Å²) in [5.74, 6) is 1.82. The Morgan fingerprint density at radius 2 is 1.95 bits per heavy atom. The Morgan fingerprint density at radius 3 is 2.63 bits per heavy atom. The van der Waals surface area contributed by atoms with Crippen LogP contribution in [0.4, 0.5) is 0 Å². The summed E-state index contributed by atoms with van der Waals surface area (Å²) in [5.41, 5.74) is 0.943. The minimum atomic E-state index is -0.238. The Bertz CT molecular complexity index is 420. The highest BCUT2D eigenvalue weighted by Crippen LogP contribution is 2.41. The van der Waals surface area contributed by atoms with E-state index >= 15 is 0 Å². The van der Waals surface area contributed by atoms with Crippen LogP contribution in [0.15, 0.2) is 12.1 Å². The molecule has 0 amide bonds. The first-order valence-corrected chi connectivity index (χ1v) is 5.96. The smallest absolute Gasteiger partial charge is 0.188 e. The highest BCUT2D eigenvalue weighted by atomic mass is 16.7. The standard InChI is InChI=1S/C13H18O6/c1-15-7-17-10-3-9-4-11(6-14)19-13(9)12(5-10)18-8-16-2/h3,5,11,14H,4,6-8H2,1-2H3. The van der Waals surface area contributed by atoms with Crippen LogP contribution in [0.3, 0.4) is 0 Å². The SMILES string of the molecule is COCOc1cc2c(c(OCOC)c1)OC(CO)C2. The maximum absolute atomic E-state index is 9.17. The van der Waals surface area contributed by atoms with Crippen molar-refractivity contribution in [2.24, 2.45) is 0 Å². The van der Waals surface area contributed by atoms with Gasteiger partial charge in [0, 0.05) is 32.3 Å². The molecule has 0 saturated carbocycles. The molecule has 1 heterocycles. The molecule has 1 aromatic carbocycles. The average Bonchev–Trinajstić information content (AvgIpc) is 2.85. The van der Waals surface area contributed by atoms with Crippen LogP contribution >= 0.6 is 0 Å². The lowest BCUT2D eigenvalue weighted by Crippen LogP contribution is -2.17. The van der Waals surface area contributed by atoms with Gasteiger partial charge >= 0.3 is 0 Å². The van der Waals surface area contributed by atoms with Gasteiger partial charge in [-0.1, -0.05) is 0 Å². The van der Waals surface area contributed by atoms with Crippen molar-refractivity contribution in [3.63, 3.8) is 0 Å². The molecule has 1 aromatic rings. The van der Waals surface area contributed by atoms with Gasteiger partial charge < -0.3 is 28.8 Å². The third-order valence-corrected chi connectivity index (χ3v) is 2.72. The molecule has 0 saturated heterocycles. The van der Waals surface area contributed by atoms with Gasteiger partial charge in [0.1, 0.15) is 11.9 Å². The molecule has 1 unspecified atom stereocenters. The lowest BCUT2D eigenvalue weighted by atomic mass is 10.1. The number of aliphatic hydroxyl groups excluding tert-OH is 1. The molecule has 1 N–H and O–H groups in total. The fourth-order valence-electron chi connectivity index (χ4n) is 1.91. The van der Waals surface area contributed by atoms with Crippen LogP contribution in [-0.4, -0.2) is 45.6 Å². The number of aliphatic hydroxyl groups is 1. The van der Waals surface area contributed by atoms with Gasteiger partial charge in [0.05, 0.1) is 6.61 Å². The summed E-state index contributed by atoms with van der Waals surface area (Å²) in [5, 5.41) is 9.17. The van der Waals surface area contributed by atoms with Crippen LogP contribution in [-0.2, 0) is 15.9 Å². The van der Waals surface area contributed by atoms with Crippen molar-refractivity contribution in [2.45, 2.75) is 12.5 Å². The lowest BCUT2D eigenvalue weighted by molar-refractivity contribution is 0.0434. The number of benzene rings is 1. The normalized spacial score (nSPS) is 16.9. The van der Waals surface area contributed by atoms with E-state index in [1.54, 1.807) is 20.3 Å². The molecule has 106 valence electrons. The van der Waals surface area contributed by atoms with Crippen LogP contribution in [0.1, 0.15) is 5.56 Å². The summed E-state index contributed by atoms with van der Waals surface area (Å²) in [6.07, 6.45) is 0.386. The highest BCUT2D eigenvalue weighted by molar-refractivity contribution is 5.54. The average molecular weight is 270 g/mol. The number of hydrogen-bond acceptors (Lipinski definition) is 6. The van der Waals surface area contributed by atoms with Crippen LogP contribution in [0.2, 0.25) is 0 Å². The minimum Gasteiger partial charge on any atom is -0.483 e. The summed E-state index contributed by atoms with van der Waals surface area (Å²) < 4.78 is 26.3. The minimum absolute atomic E-state index is 0.0351. The molecule has 19 heavy (non-hydrogen) atoms. The van der Waals surface area contributed by atoms with Crippen LogP contribution in [0.5, 0.6) is 17.2 Å². The number of hydrogen-bond donors (Lipinski definition) is 1. The van der Waals surface area contributed by atoms with Crippen molar-refractivity contribution < 1.29 is 28.8 Å². The van der Waals surface area contributed by atoms with E-state index in [9.17, 15) is 5.11 Å². The number of rotatable bonds is 7. The van der Waals surface area contributed by atoms with Gasteiger partial charge in [-0.25, -0.2) is 0 Å². The third kappa shape index (κ3) is 3.28. The van der Waals surface area contributed by atoms with Gasteiger partial charge in [-0.15, -0.1) is 0 Å². The van der Waals surface area contributed by atoms with Gasteiger partial charge in [0.25, 0.3) is 0 Å². The van der Waals surface area contributed by atoms with Crippen molar-refractivity contribution in [3.8, 4) is 17.2 Å². The van der Waals surface area contributed by atoms with Crippen LogP contribution < -0.4 is 14.2 Å². The topological polar surface area (TPSA) is 66.4 Å². The van der Waals surface area contributed by atoms with E-state index in [1.165, 1.54) is 0 Å². The molecular formula is C13H18O6. The maximum Gasteiger partial charge on any atom is 0.188 e. The molecule has 0 spiro atoms. The second kappa shape index (κ2) is 6.60.